The van der Waals surface area contributed by atoms with Crippen LogP contribution in [0, 0.1) is 0 Å². The molecule has 3 rings (SSSR count). The number of benzene rings is 2. The highest BCUT2D eigenvalue weighted by molar-refractivity contribution is 5.93. The summed E-state index contributed by atoms with van der Waals surface area (Å²) < 4.78 is 5.41. The molecule has 1 aliphatic rings. The molecule has 0 atom stereocenters. The molecule has 3 N–H and O–H groups in total. The van der Waals surface area contributed by atoms with E-state index in [2.05, 4.69) is 26.9 Å². The molecule has 0 unspecified atom stereocenters. The summed E-state index contributed by atoms with van der Waals surface area (Å²) in [5.74, 6) is -0.127. The highest BCUT2D eigenvalue weighted by Crippen LogP contribution is 2.13. The number of carbonyl (C=O) groups is 2. The van der Waals surface area contributed by atoms with Gasteiger partial charge in [-0.25, -0.2) is 4.79 Å². The van der Waals surface area contributed by atoms with Crippen LogP contribution in [-0.4, -0.2) is 50.2 Å². The maximum Gasteiger partial charge on any atom is 0.315 e. The first-order valence-corrected chi connectivity index (χ1v) is 9.85. The van der Waals surface area contributed by atoms with Crippen molar-refractivity contribution in [2.75, 3.05) is 33.4 Å². The van der Waals surface area contributed by atoms with Gasteiger partial charge in [-0.2, -0.15) is 0 Å². The maximum atomic E-state index is 12.2. The molecule has 1 saturated heterocycles. The SMILES string of the molecule is CNC(=O)c1ccc(CNC(=O)NCc2ccccc2CN2CCOCC2)cc1. The molecule has 0 saturated carbocycles. The predicted molar refractivity (Wildman–Crippen MR) is 111 cm³/mol. The van der Waals surface area contributed by atoms with Crippen LogP contribution < -0.4 is 16.0 Å². The zero-order chi connectivity index (χ0) is 20.5. The number of rotatable bonds is 7. The third-order valence-corrected chi connectivity index (χ3v) is 4.95. The Kier molecular flexibility index (Phi) is 7.61. The van der Waals surface area contributed by atoms with Crippen LogP contribution in [0.1, 0.15) is 27.0 Å². The number of carbonyl (C=O) groups excluding carboxylic acids is 2. The topological polar surface area (TPSA) is 82.7 Å². The summed E-state index contributed by atoms with van der Waals surface area (Å²) in [4.78, 5) is 26.1. The highest BCUT2D eigenvalue weighted by Gasteiger charge is 2.13. The minimum Gasteiger partial charge on any atom is -0.379 e. The van der Waals surface area contributed by atoms with Gasteiger partial charge in [0.15, 0.2) is 0 Å². The second-order valence-corrected chi connectivity index (χ2v) is 6.97. The molecular weight excluding hydrogens is 368 g/mol. The summed E-state index contributed by atoms with van der Waals surface area (Å²) in [6.45, 7) is 5.14. The van der Waals surface area contributed by atoms with Crippen LogP contribution in [0.5, 0.6) is 0 Å². The van der Waals surface area contributed by atoms with Crippen molar-refractivity contribution in [2.24, 2.45) is 0 Å². The van der Waals surface area contributed by atoms with Gasteiger partial charge < -0.3 is 20.7 Å². The van der Waals surface area contributed by atoms with E-state index in [0.717, 1.165) is 44.0 Å². The molecule has 154 valence electrons. The van der Waals surface area contributed by atoms with Crippen LogP contribution in [0.25, 0.3) is 0 Å². The van der Waals surface area contributed by atoms with Crippen molar-refractivity contribution in [3.05, 3.63) is 70.8 Å². The summed E-state index contributed by atoms with van der Waals surface area (Å²) in [5, 5.41) is 8.37. The van der Waals surface area contributed by atoms with Crippen molar-refractivity contribution in [1.29, 1.82) is 0 Å². The lowest BCUT2D eigenvalue weighted by molar-refractivity contribution is 0.0341. The summed E-state index contributed by atoms with van der Waals surface area (Å²) >= 11 is 0. The Morgan fingerprint density at radius 3 is 2.28 bits per heavy atom. The smallest absolute Gasteiger partial charge is 0.315 e. The molecule has 7 nitrogen and oxygen atoms in total. The first kappa shape index (κ1) is 20.8. The van der Waals surface area contributed by atoms with E-state index in [1.54, 1.807) is 19.2 Å². The van der Waals surface area contributed by atoms with Gasteiger partial charge in [-0.1, -0.05) is 36.4 Å². The lowest BCUT2D eigenvalue weighted by Gasteiger charge is -2.27. The fourth-order valence-corrected chi connectivity index (χ4v) is 3.22. The van der Waals surface area contributed by atoms with E-state index >= 15 is 0 Å². The van der Waals surface area contributed by atoms with E-state index in [9.17, 15) is 9.59 Å². The van der Waals surface area contributed by atoms with Crippen LogP contribution in [-0.2, 0) is 24.4 Å². The van der Waals surface area contributed by atoms with E-state index in [4.69, 9.17) is 4.74 Å². The van der Waals surface area contributed by atoms with Crippen molar-refractivity contribution in [2.45, 2.75) is 19.6 Å². The molecule has 0 spiro atoms. The standard InChI is InChI=1S/C22H28N4O3/c1-23-21(27)18-8-6-17(7-9-18)14-24-22(28)25-15-19-4-2-3-5-20(19)16-26-10-12-29-13-11-26/h2-9H,10-16H2,1H3,(H,23,27)(H2,24,25,28). The molecule has 0 aromatic heterocycles. The minimum absolute atomic E-state index is 0.127. The first-order valence-electron chi connectivity index (χ1n) is 9.85. The van der Waals surface area contributed by atoms with Gasteiger partial charge in [0.05, 0.1) is 13.2 Å². The summed E-state index contributed by atoms with van der Waals surface area (Å²) in [7, 11) is 1.60. The van der Waals surface area contributed by atoms with Crippen LogP contribution in [0.4, 0.5) is 4.79 Å². The van der Waals surface area contributed by atoms with E-state index < -0.39 is 0 Å². The second kappa shape index (κ2) is 10.6. The van der Waals surface area contributed by atoms with Crippen LogP contribution in [0.15, 0.2) is 48.5 Å². The molecule has 0 bridgehead atoms. The minimum atomic E-state index is -0.221. The molecule has 2 aromatic rings. The number of urea groups is 1. The van der Waals surface area contributed by atoms with Crippen molar-refractivity contribution in [3.8, 4) is 0 Å². The Bertz CT molecular complexity index is 817. The number of hydrogen-bond donors (Lipinski definition) is 3. The molecule has 3 amide bonds. The highest BCUT2D eigenvalue weighted by atomic mass is 16.5. The maximum absolute atomic E-state index is 12.2. The van der Waals surface area contributed by atoms with E-state index in [0.29, 0.717) is 18.7 Å². The number of amides is 3. The molecule has 0 radical (unpaired) electrons. The summed E-state index contributed by atoms with van der Waals surface area (Å²) in [5.41, 5.74) is 3.86. The van der Waals surface area contributed by atoms with Crippen LogP contribution >= 0.6 is 0 Å². The first-order chi connectivity index (χ1) is 14.2. The van der Waals surface area contributed by atoms with Crippen LogP contribution in [0.3, 0.4) is 0 Å². The molecular formula is C22H28N4O3. The molecule has 7 heteroatoms. The van der Waals surface area contributed by atoms with Gasteiger partial charge in [-0.15, -0.1) is 0 Å². The fraction of sp³-hybridized carbons (Fsp3) is 0.364. The van der Waals surface area contributed by atoms with Gasteiger partial charge in [-0.05, 0) is 28.8 Å². The third-order valence-electron chi connectivity index (χ3n) is 4.95. The van der Waals surface area contributed by atoms with Gasteiger partial charge in [-0.3, -0.25) is 9.69 Å². The average Bonchev–Trinajstić information content (AvgIpc) is 2.77. The molecule has 0 aliphatic carbocycles. The Balaban J connectivity index is 1.47. The van der Waals surface area contributed by atoms with Crippen molar-refractivity contribution < 1.29 is 14.3 Å². The number of nitrogens with one attached hydrogen (secondary N) is 3. The lowest BCUT2D eigenvalue weighted by atomic mass is 10.1. The van der Waals surface area contributed by atoms with E-state index in [1.165, 1.54) is 5.56 Å². The molecule has 2 aromatic carbocycles. The monoisotopic (exact) mass is 396 g/mol. The molecule has 1 fully saturated rings. The summed E-state index contributed by atoms with van der Waals surface area (Å²) in [6.07, 6.45) is 0. The molecule has 1 aliphatic heterocycles. The predicted octanol–water partition coefficient (Wildman–Crippen LogP) is 1.88. The quantitative estimate of drug-likeness (QED) is 0.667. The second-order valence-electron chi connectivity index (χ2n) is 6.97. The number of morpholine rings is 1. The van der Waals surface area contributed by atoms with E-state index in [1.807, 2.05) is 30.3 Å². The van der Waals surface area contributed by atoms with Crippen molar-refractivity contribution in [1.82, 2.24) is 20.9 Å². The Morgan fingerprint density at radius 1 is 0.931 bits per heavy atom. The third kappa shape index (κ3) is 6.30. The largest absolute Gasteiger partial charge is 0.379 e. The summed E-state index contributed by atoms with van der Waals surface area (Å²) in [6, 6.07) is 15.1. The molecule has 29 heavy (non-hydrogen) atoms. The normalized spacial score (nSPS) is 14.2. The fourth-order valence-electron chi connectivity index (χ4n) is 3.22. The zero-order valence-corrected chi connectivity index (χ0v) is 16.7. The Hall–Kier alpha value is -2.90. The number of hydrogen-bond acceptors (Lipinski definition) is 4. The van der Waals surface area contributed by atoms with Gasteiger partial charge in [0.1, 0.15) is 0 Å². The van der Waals surface area contributed by atoms with Crippen molar-refractivity contribution in [3.63, 3.8) is 0 Å². The number of nitrogens with zero attached hydrogens (tertiary/aromatic N) is 1. The van der Waals surface area contributed by atoms with Gasteiger partial charge in [0.25, 0.3) is 5.91 Å². The Labute approximate surface area is 171 Å². The van der Waals surface area contributed by atoms with E-state index in [-0.39, 0.29) is 11.9 Å². The van der Waals surface area contributed by atoms with Crippen molar-refractivity contribution >= 4 is 11.9 Å². The number of ether oxygens (including phenoxy) is 1. The van der Waals surface area contributed by atoms with Gasteiger partial charge in [0.2, 0.25) is 0 Å². The average molecular weight is 396 g/mol. The molecule has 1 heterocycles. The Morgan fingerprint density at radius 2 is 1.59 bits per heavy atom. The zero-order valence-electron chi connectivity index (χ0n) is 16.7. The van der Waals surface area contributed by atoms with Crippen LogP contribution in [0.2, 0.25) is 0 Å². The van der Waals surface area contributed by atoms with Gasteiger partial charge in [0, 0.05) is 45.3 Å². The lowest BCUT2D eigenvalue weighted by Crippen LogP contribution is -2.37. The van der Waals surface area contributed by atoms with Gasteiger partial charge >= 0.3 is 6.03 Å².